The zero-order valence-corrected chi connectivity index (χ0v) is 15.2. The fourth-order valence-electron chi connectivity index (χ4n) is 3.44. The first-order valence-electron chi connectivity index (χ1n) is 8.75. The van der Waals surface area contributed by atoms with E-state index in [-0.39, 0.29) is 11.9 Å². The topological polar surface area (TPSA) is 51.0 Å². The van der Waals surface area contributed by atoms with Crippen LogP contribution in [-0.4, -0.2) is 27.2 Å². The number of anilines is 1. The molecule has 1 atom stereocenters. The van der Waals surface area contributed by atoms with Crippen LogP contribution in [0.5, 0.6) is 0 Å². The number of aryl methyl sites for hydroxylation is 1. The monoisotopic (exact) mass is 386 g/mol. The molecule has 28 heavy (non-hydrogen) atoms. The lowest BCUT2D eigenvalue weighted by Gasteiger charge is -2.32. The summed E-state index contributed by atoms with van der Waals surface area (Å²) in [5.41, 5.74) is 2.42. The molecule has 1 aliphatic rings. The third-order valence-corrected chi connectivity index (χ3v) is 4.82. The van der Waals surface area contributed by atoms with E-state index in [0.29, 0.717) is 23.5 Å². The average molecular weight is 386 g/mol. The van der Waals surface area contributed by atoms with Gasteiger partial charge in [-0.2, -0.15) is 18.3 Å². The van der Waals surface area contributed by atoms with E-state index in [4.69, 9.17) is 0 Å². The Bertz CT molecular complexity index is 1040. The summed E-state index contributed by atoms with van der Waals surface area (Å²) in [5.74, 6) is -0.292. The number of hydrogen-bond acceptors (Lipinski definition) is 3. The number of carbonyl (C=O) groups is 1. The number of pyridine rings is 1. The second kappa shape index (κ2) is 6.47. The summed E-state index contributed by atoms with van der Waals surface area (Å²) in [4.78, 5) is 18.9. The first kappa shape index (κ1) is 18.2. The molecular formula is C20H17F3N4O. The van der Waals surface area contributed by atoms with E-state index in [1.54, 1.807) is 23.1 Å². The number of rotatable bonds is 2. The lowest BCUT2D eigenvalue weighted by molar-refractivity contribution is -0.137. The SMILES string of the molecule is Cc1cc(-c2cnn3c2C(=O)N(c2ccc(C(F)(F)F)cc2)C[C@@H]3C)ccn1. The van der Waals surface area contributed by atoms with Gasteiger partial charge in [0.15, 0.2) is 0 Å². The van der Waals surface area contributed by atoms with Crippen LogP contribution in [-0.2, 0) is 6.18 Å². The van der Waals surface area contributed by atoms with E-state index in [1.807, 2.05) is 19.9 Å². The fourth-order valence-corrected chi connectivity index (χ4v) is 3.44. The summed E-state index contributed by atoms with van der Waals surface area (Å²) in [6.07, 6.45) is -1.10. The molecule has 0 saturated carbocycles. The van der Waals surface area contributed by atoms with Gasteiger partial charge in [0, 0.05) is 29.7 Å². The fraction of sp³-hybridized carbons (Fsp3) is 0.250. The van der Waals surface area contributed by atoms with Gasteiger partial charge in [-0.1, -0.05) is 0 Å². The molecule has 0 fully saturated rings. The summed E-state index contributed by atoms with van der Waals surface area (Å²) in [6.45, 7) is 4.10. The summed E-state index contributed by atoms with van der Waals surface area (Å²) in [6, 6.07) is 8.20. The van der Waals surface area contributed by atoms with Gasteiger partial charge in [0.25, 0.3) is 5.91 Å². The largest absolute Gasteiger partial charge is 0.416 e. The maximum Gasteiger partial charge on any atom is 0.416 e. The Morgan fingerprint density at radius 2 is 1.86 bits per heavy atom. The van der Waals surface area contributed by atoms with Crippen LogP contribution in [0.3, 0.4) is 0 Å². The van der Waals surface area contributed by atoms with E-state index < -0.39 is 11.7 Å². The van der Waals surface area contributed by atoms with E-state index >= 15 is 0 Å². The molecule has 2 aromatic heterocycles. The Hall–Kier alpha value is -3.16. The highest BCUT2D eigenvalue weighted by molar-refractivity contribution is 6.09. The highest BCUT2D eigenvalue weighted by Gasteiger charge is 2.35. The number of nitrogens with zero attached hydrogens (tertiary/aromatic N) is 4. The minimum Gasteiger partial charge on any atom is -0.305 e. The smallest absolute Gasteiger partial charge is 0.305 e. The molecule has 0 spiro atoms. The third-order valence-electron chi connectivity index (χ3n) is 4.82. The molecule has 8 heteroatoms. The second-order valence-electron chi connectivity index (χ2n) is 6.85. The van der Waals surface area contributed by atoms with E-state index in [9.17, 15) is 18.0 Å². The Morgan fingerprint density at radius 3 is 2.50 bits per heavy atom. The number of alkyl halides is 3. The number of aromatic nitrogens is 3. The molecule has 0 aliphatic carbocycles. The van der Waals surface area contributed by atoms with Crippen molar-refractivity contribution in [3.05, 3.63) is 65.7 Å². The average Bonchev–Trinajstić information content (AvgIpc) is 3.10. The van der Waals surface area contributed by atoms with Gasteiger partial charge in [-0.25, -0.2) is 0 Å². The van der Waals surface area contributed by atoms with Crippen molar-refractivity contribution in [1.29, 1.82) is 0 Å². The molecule has 1 amide bonds. The number of halogens is 3. The molecule has 144 valence electrons. The second-order valence-corrected chi connectivity index (χ2v) is 6.85. The van der Waals surface area contributed by atoms with Crippen molar-refractivity contribution in [2.24, 2.45) is 0 Å². The maximum absolute atomic E-state index is 13.2. The first-order valence-corrected chi connectivity index (χ1v) is 8.75. The van der Waals surface area contributed by atoms with Crippen molar-refractivity contribution in [3.63, 3.8) is 0 Å². The molecule has 0 N–H and O–H groups in total. The Labute approximate surface area is 159 Å². The van der Waals surface area contributed by atoms with E-state index in [0.717, 1.165) is 23.4 Å². The summed E-state index contributed by atoms with van der Waals surface area (Å²) >= 11 is 0. The van der Waals surface area contributed by atoms with Crippen LogP contribution in [0.1, 0.15) is 34.7 Å². The van der Waals surface area contributed by atoms with Crippen LogP contribution < -0.4 is 4.90 Å². The van der Waals surface area contributed by atoms with Crippen molar-refractivity contribution >= 4 is 11.6 Å². The van der Waals surface area contributed by atoms with Gasteiger partial charge < -0.3 is 4.90 Å². The number of carbonyl (C=O) groups excluding carboxylic acids is 1. The van der Waals surface area contributed by atoms with Crippen molar-refractivity contribution in [3.8, 4) is 11.1 Å². The Balaban J connectivity index is 1.75. The number of hydrogen-bond donors (Lipinski definition) is 0. The highest BCUT2D eigenvalue weighted by Crippen LogP contribution is 2.34. The van der Waals surface area contributed by atoms with Crippen LogP contribution in [0.4, 0.5) is 18.9 Å². The number of benzene rings is 1. The van der Waals surface area contributed by atoms with Crippen LogP contribution in [0, 0.1) is 6.92 Å². The molecule has 1 aromatic carbocycles. The number of amides is 1. The minimum atomic E-state index is -4.41. The van der Waals surface area contributed by atoms with Gasteiger partial charge in [0.1, 0.15) is 5.69 Å². The molecule has 0 unspecified atom stereocenters. The summed E-state index contributed by atoms with van der Waals surface area (Å²) in [5, 5.41) is 4.37. The molecule has 5 nitrogen and oxygen atoms in total. The Morgan fingerprint density at radius 1 is 1.14 bits per heavy atom. The molecule has 0 radical (unpaired) electrons. The van der Waals surface area contributed by atoms with Crippen molar-refractivity contribution in [2.75, 3.05) is 11.4 Å². The van der Waals surface area contributed by atoms with E-state index in [1.165, 1.54) is 17.0 Å². The predicted octanol–water partition coefficient (Wildman–Crippen LogP) is 4.49. The zero-order chi connectivity index (χ0) is 20.1. The van der Waals surface area contributed by atoms with Crippen molar-refractivity contribution < 1.29 is 18.0 Å². The number of fused-ring (bicyclic) bond motifs is 1. The molecular weight excluding hydrogens is 369 g/mol. The predicted molar refractivity (Wildman–Crippen MR) is 98.0 cm³/mol. The van der Waals surface area contributed by atoms with Gasteiger partial charge >= 0.3 is 6.18 Å². The molecule has 3 heterocycles. The van der Waals surface area contributed by atoms with Gasteiger partial charge in [-0.15, -0.1) is 0 Å². The van der Waals surface area contributed by atoms with Gasteiger partial charge in [-0.05, 0) is 55.8 Å². The lowest BCUT2D eigenvalue weighted by atomic mass is 10.0. The molecule has 0 saturated heterocycles. The van der Waals surface area contributed by atoms with E-state index in [2.05, 4.69) is 10.1 Å². The molecule has 3 aromatic rings. The lowest BCUT2D eigenvalue weighted by Crippen LogP contribution is -2.42. The Kier molecular flexibility index (Phi) is 4.21. The quantitative estimate of drug-likeness (QED) is 0.652. The molecule has 1 aliphatic heterocycles. The van der Waals surface area contributed by atoms with Gasteiger partial charge in [0.2, 0.25) is 0 Å². The van der Waals surface area contributed by atoms with Crippen LogP contribution >= 0.6 is 0 Å². The standard InChI is InChI=1S/C20H17F3N4O/c1-12-9-14(7-8-24-12)17-10-25-27-13(2)11-26(19(28)18(17)27)16-5-3-15(4-6-16)20(21,22)23/h3-10,13H,11H2,1-2H3/t13-/m0/s1. The van der Waals surface area contributed by atoms with Crippen LogP contribution in [0.15, 0.2) is 48.8 Å². The normalized spacial score (nSPS) is 17.0. The first-order chi connectivity index (χ1) is 13.3. The summed E-state index contributed by atoms with van der Waals surface area (Å²) in [7, 11) is 0. The van der Waals surface area contributed by atoms with Crippen LogP contribution in [0.25, 0.3) is 11.1 Å². The maximum atomic E-state index is 13.2. The minimum absolute atomic E-state index is 0.119. The van der Waals surface area contributed by atoms with Crippen molar-refractivity contribution in [2.45, 2.75) is 26.1 Å². The van der Waals surface area contributed by atoms with Gasteiger partial charge in [-0.3, -0.25) is 14.5 Å². The molecule has 0 bridgehead atoms. The highest BCUT2D eigenvalue weighted by atomic mass is 19.4. The van der Waals surface area contributed by atoms with Crippen molar-refractivity contribution in [1.82, 2.24) is 14.8 Å². The zero-order valence-electron chi connectivity index (χ0n) is 15.2. The molecule has 4 rings (SSSR count). The van der Waals surface area contributed by atoms with Crippen LogP contribution in [0.2, 0.25) is 0 Å². The third kappa shape index (κ3) is 3.04. The van der Waals surface area contributed by atoms with Gasteiger partial charge in [0.05, 0.1) is 17.8 Å². The summed E-state index contributed by atoms with van der Waals surface area (Å²) < 4.78 is 40.2.